The third-order valence-electron chi connectivity index (χ3n) is 14.6. The van der Waals surface area contributed by atoms with E-state index in [1.54, 1.807) is 0 Å². The van der Waals surface area contributed by atoms with Crippen molar-refractivity contribution in [3.63, 3.8) is 0 Å². The Morgan fingerprint density at radius 3 is 1.37 bits per heavy atom. The van der Waals surface area contributed by atoms with Crippen LogP contribution in [0.15, 0.2) is 60.9 Å². The lowest BCUT2D eigenvalue weighted by atomic mass is 9.83. The maximum absolute atomic E-state index is 13.7. The quantitative estimate of drug-likeness (QED) is 0.0943. The molecular weight excluding hydrogens is 849 g/mol. The van der Waals surface area contributed by atoms with Crippen LogP contribution in [-0.4, -0.2) is 103 Å². The van der Waals surface area contributed by atoms with Crippen LogP contribution in [0, 0.1) is 17.3 Å². The average Bonchev–Trinajstić information content (AvgIpc) is 4.21. The Labute approximate surface area is 391 Å². The lowest BCUT2D eigenvalue weighted by molar-refractivity contribution is -0.136. The molecule has 0 unspecified atom stereocenters. The first-order chi connectivity index (χ1) is 32.4. The fourth-order valence-corrected chi connectivity index (χ4v) is 10.9. The number of rotatable bonds is 12. The summed E-state index contributed by atoms with van der Waals surface area (Å²) in [6.45, 7) is 8.82. The van der Waals surface area contributed by atoms with E-state index in [4.69, 9.17) is 29.6 Å². The van der Waals surface area contributed by atoms with Crippen molar-refractivity contribution in [3.05, 3.63) is 83.7 Å². The number of imidazole rings is 2. The zero-order valence-electron chi connectivity index (χ0n) is 39.4. The van der Waals surface area contributed by atoms with E-state index in [0.717, 1.165) is 95.2 Å². The van der Waals surface area contributed by atoms with Crippen LogP contribution in [0.5, 0.6) is 0 Å². The van der Waals surface area contributed by atoms with Crippen LogP contribution in [-0.2, 0) is 31.9 Å². The third kappa shape index (κ3) is 9.01. The van der Waals surface area contributed by atoms with E-state index >= 15 is 0 Å². The molecule has 9 rings (SSSR count). The van der Waals surface area contributed by atoms with Crippen LogP contribution in [0.25, 0.3) is 45.0 Å². The minimum absolute atomic E-state index is 0.111. The highest BCUT2D eigenvalue weighted by atomic mass is 16.5. The van der Waals surface area contributed by atoms with Gasteiger partial charge in [-0.2, -0.15) is 0 Å². The average molecular weight is 911 g/mol. The maximum Gasteiger partial charge on any atom is 0.407 e. The molecule has 2 saturated heterocycles. The predicted molar refractivity (Wildman–Crippen MR) is 252 cm³/mol. The zero-order valence-corrected chi connectivity index (χ0v) is 39.4. The summed E-state index contributed by atoms with van der Waals surface area (Å²) in [4.78, 5) is 71.7. The molecule has 4 atom stereocenters. The largest absolute Gasteiger partial charge is 0.453 e. The van der Waals surface area contributed by atoms with Gasteiger partial charge in [-0.05, 0) is 90.9 Å². The van der Waals surface area contributed by atoms with Crippen molar-refractivity contribution < 1.29 is 28.7 Å². The number of hydrogen-bond donors (Lipinski definition) is 4. The zero-order chi connectivity index (χ0) is 47.0. The van der Waals surface area contributed by atoms with E-state index in [1.165, 1.54) is 51.0 Å². The molecule has 1 spiro atoms. The molecule has 5 aromatic rings. The molecule has 2 aliphatic carbocycles. The number of ether oxygens (including phenoxy) is 2. The van der Waals surface area contributed by atoms with Gasteiger partial charge in [0.05, 0.1) is 61.5 Å². The molecule has 4 amide bonds. The number of hydrogen-bond acceptors (Lipinski definition) is 10. The monoisotopic (exact) mass is 910 g/mol. The van der Waals surface area contributed by atoms with E-state index in [0.29, 0.717) is 13.1 Å². The summed E-state index contributed by atoms with van der Waals surface area (Å²) in [5, 5.41) is 15.4. The Bertz CT molecular complexity index is 2440. The van der Waals surface area contributed by atoms with Gasteiger partial charge in [-0.3, -0.25) is 9.59 Å². The minimum atomic E-state index is -0.695. The van der Waals surface area contributed by atoms with Gasteiger partial charge in [-0.15, -0.1) is 10.2 Å². The van der Waals surface area contributed by atoms with Gasteiger partial charge in [0.1, 0.15) is 23.7 Å². The molecule has 2 aliphatic heterocycles. The van der Waals surface area contributed by atoms with Crippen LogP contribution < -0.4 is 10.6 Å². The summed E-state index contributed by atoms with van der Waals surface area (Å²) in [7, 11) is 2.60. The molecule has 0 bridgehead atoms. The number of H-pyrrole nitrogens is 2. The lowest BCUT2D eigenvalue weighted by Crippen LogP contribution is -2.51. The summed E-state index contributed by atoms with van der Waals surface area (Å²) >= 11 is 0. The highest BCUT2D eigenvalue weighted by Gasteiger charge is 2.43. The Kier molecular flexibility index (Phi) is 12.9. The first-order valence-corrected chi connectivity index (χ1v) is 23.9. The first-order valence-electron chi connectivity index (χ1n) is 23.9. The van der Waals surface area contributed by atoms with Crippen molar-refractivity contribution in [3.8, 4) is 45.0 Å². The number of benzene rings is 2. The van der Waals surface area contributed by atoms with Crippen molar-refractivity contribution in [1.82, 2.24) is 50.6 Å². The first kappa shape index (κ1) is 45.6. The van der Waals surface area contributed by atoms with Crippen molar-refractivity contribution in [2.24, 2.45) is 17.3 Å². The number of nitrogens with zero attached hydrogens (tertiary/aromatic N) is 6. The second-order valence-corrected chi connectivity index (χ2v) is 19.5. The highest BCUT2D eigenvalue weighted by molar-refractivity contribution is 5.87. The smallest absolute Gasteiger partial charge is 0.407 e. The second kappa shape index (κ2) is 19.0. The number of carbonyl (C=O) groups excluding carboxylic acids is 4. The second-order valence-electron chi connectivity index (χ2n) is 19.5. The van der Waals surface area contributed by atoms with Crippen LogP contribution in [0.4, 0.5) is 9.59 Å². The van der Waals surface area contributed by atoms with Crippen LogP contribution in [0.2, 0.25) is 0 Å². The number of nitrogens with one attached hydrogen (secondary N) is 4. The molecule has 16 heteroatoms. The van der Waals surface area contributed by atoms with Gasteiger partial charge in [0.2, 0.25) is 11.8 Å². The van der Waals surface area contributed by atoms with Gasteiger partial charge < -0.3 is 39.9 Å². The summed E-state index contributed by atoms with van der Waals surface area (Å²) < 4.78 is 9.59. The van der Waals surface area contributed by atoms with Gasteiger partial charge in [0.15, 0.2) is 0 Å². The summed E-state index contributed by atoms with van der Waals surface area (Å²) in [6.07, 6.45) is 12.5. The van der Waals surface area contributed by atoms with Gasteiger partial charge in [0, 0.05) is 24.2 Å². The van der Waals surface area contributed by atoms with Gasteiger partial charge in [-0.25, -0.2) is 19.6 Å². The molecule has 4 N–H and O–H groups in total. The normalized spacial score (nSPS) is 19.5. The summed E-state index contributed by atoms with van der Waals surface area (Å²) in [6, 6.07) is 15.0. The molecule has 16 nitrogen and oxygen atoms in total. The number of aromatic amines is 2. The van der Waals surface area contributed by atoms with Crippen molar-refractivity contribution in [2.45, 2.75) is 116 Å². The van der Waals surface area contributed by atoms with E-state index in [2.05, 4.69) is 69.1 Å². The number of aromatic nitrogens is 6. The Morgan fingerprint density at radius 1 is 0.612 bits per heavy atom. The Morgan fingerprint density at radius 2 is 1.00 bits per heavy atom. The standard InChI is InChI=1S/C51H62N10O6/c1-29(2)41(56-49(64)66-5)47(62)60-23-9-11-39(60)45-52-27-37(54-45)31-13-17-33(18-14-31)43-35-25-51(21-7-8-22-51)26-36(35)44(59-58-43)34-19-15-32(16-20-34)38-28-53-46(55-38)40-12-10-24-61(40)48(63)42(30(3)4)57-50(65)67-6/h13-20,27-30,39-42H,7-12,21-26H2,1-6H3,(H,52,54)(H,53,55)(H,56,64)(H,57,65)/t39-,40-,41-,42-/m0/s1. The lowest BCUT2D eigenvalue weighted by Gasteiger charge is -2.30. The molecule has 1 saturated carbocycles. The van der Waals surface area contributed by atoms with Gasteiger partial charge in [0.25, 0.3) is 0 Å². The number of alkyl carbamates (subject to hydrolysis) is 2. The fraction of sp³-hybridized carbons (Fsp3) is 0.490. The molecule has 3 aromatic heterocycles. The summed E-state index contributed by atoms with van der Waals surface area (Å²) in [5.74, 6) is 0.957. The number of amides is 4. The molecular formula is C51H62N10O6. The molecule has 0 radical (unpaired) electrons. The third-order valence-corrected chi connectivity index (χ3v) is 14.6. The van der Waals surface area contributed by atoms with E-state index < -0.39 is 24.3 Å². The fourth-order valence-electron chi connectivity index (χ4n) is 10.9. The van der Waals surface area contributed by atoms with Crippen LogP contribution >= 0.6 is 0 Å². The maximum atomic E-state index is 13.7. The van der Waals surface area contributed by atoms with Gasteiger partial charge in [-0.1, -0.05) is 89.1 Å². The van der Waals surface area contributed by atoms with Crippen molar-refractivity contribution >= 4 is 24.0 Å². The Hall–Kier alpha value is -6.58. The molecule has 5 heterocycles. The van der Waals surface area contributed by atoms with Crippen molar-refractivity contribution in [2.75, 3.05) is 27.3 Å². The SMILES string of the molecule is COC(=O)N[C@H](C(=O)N1CCC[C@H]1c1ncc(-c2ccc(-c3nnc(-c4ccc(-c5cnc([C@@H]6CCCN6C(=O)[C@@H](NC(=O)OC)C(C)C)[nH]5)cc4)c4c3CC3(CCCC3)C4)cc2)[nH]1)C(C)C. The van der Waals surface area contributed by atoms with Crippen LogP contribution in [0.1, 0.15) is 114 Å². The number of carbonyl (C=O) groups is 4. The number of fused-ring (bicyclic) bond motifs is 1. The Balaban J connectivity index is 0.926. The van der Waals surface area contributed by atoms with E-state index in [9.17, 15) is 19.2 Å². The van der Waals surface area contributed by atoms with Crippen LogP contribution in [0.3, 0.4) is 0 Å². The van der Waals surface area contributed by atoms with E-state index in [-0.39, 0.29) is 41.1 Å². The molecule has 4 aliphatic rings. The number of likely N-dealkylation sites (tertiary alicyclic amines) is 2. The summed E-state index contributed by atoms with van der Waals surface area (Å²) in [5.41, 5.74) is 10.4. The topological polar surface area (TPSA) is 200 Å². The molecule has 67 heavy (non-hydrogen) atoms. The van der Waals surface area contributed by atoms with Gasteiger partial charge >= 0.3 is 12.2 Å². The molecule has 2 aromatic carbocycles. The predicted octanol–water partition coefficient (Wildman–Crippen LogP) is 8.34. The highest BCUT2D eigenvalue weighted by Crippen LogP contribution is 2.52. The minimum Gasteiger partial charge on any atom is -0.453 e. The molecule has 3 fully saturated rings. The molecule has 352 valence electrons. The van der Waals surface area contributed by atoms with Crippen molar-refractivity contribution in [1.29, 1.82) is 0 Å². The number of methoxy groups -OCH3 is 2. The van der Waals surface area contributed by atoms with E-state index in [1.807, 2.05) is 49.9 Å².